The van der Waals surface area contributed by atoms with E-state index in [0.717, 1.165) is 18.5 Å². The highest BCUT2D eigenvalue weighted by molar-refractivity contribution is 6.32. The van der Waals surface area contributed by atoms with Crippen LogP contribution in [0.2, 0.25) is 5.02 Å². The normalized spacial score (nSPS) is 19.6. The van der Waals surface area contributed by atoms with E-state index in [9.17, 15) is 4.79 Å². The van der Waals surface area contributed by atoms with Gasteiger partial charge in [-0.2, -0.15) is 0 Å². The zero-order chi connectivity index (χ0) is 14.5. The Bertz CT molecular complexity index is 473. The van der Waals surface area contributed by atoms with Gasteiger partial charge in [0.25, 0.3) is 5.91 Å². The molecule has 0 radical (unpaired) electrons. The lowest BCUT2D eigenvalue weighted by molar-refractivity contribution is -0.127. The van der Waals surface area contributed by atoms with Crippen LogP contribution < -0.4 is 15.4 Å². The summed E-state index contributed by atoms with van der Waals surface area (Å²) in [5.41, 5.74) is 1.05. The van der Waals surface area contributed by atoms with E-state index >= 15 is 0 Å². The number of hydrogen-bond acceptors (Lipinski definition) is 3. The maximum Gasteiger partial charge on any atom is 0.260 e. The first-order chi connectivity index (χ1) is 9.56. The fraction of sp³-hybridized carbons (Fsp3) is 0.533. The molecule has 2 atom stereocenters. The number of nitrogens with one attached hydrogen (secondary N) is 2. The Morgan fingerprint density at radius 3 is 3.10 bits per heavy atom. The average molecular weight is 297 g/mol. The SMILES string of the molecule is Cc1ccc(Cl)c(OC(C)C(=O)NCC2CCCN2)c1. The number of aryl methyl sites for hydroxylation is 1. The topological polar surface area (TPSA) is 50.4 Å². The second-order valence-electron chi connectivity index (χ2n) is 5.23. The first-order valence-corrected chi connectivity index (χ1v) is 7.38. The van der Waals surface area contributed by atoms with Gasteiger partial charge in [0.05, 0.1) is 5.02 Å². The summed E-state index contributed by atoms with van der Waals surface area (Å²) in [6.45, 7) is 5.37. The Hall–Kier alpha value is -1.26. The summed E-state index contributed by atoms with van der Waals surface area (Å²) in [6.07, 6.45) is 1.72. The second kappa shape index (κ2) is 6.95. The molecule has 1 amide bonds. The lowest BCUT2D eigenvalue weighted by Crippen LogP contribution is -2.42. The molecular formula is C15H21ClN2O2. The number of ether oxygens (including phenoxy) is 1. The standard InChI is InChI=1S/C15H21ClN2O2/c1-10-5-6-13(16)14(8-10)20-11(2)15(19)18-9-12-4-3-7-17-12/h5-6,8,11-12,17H,3-4,7,9H2,1-2H3,(H,18,19). The molecule has 1 aromatic carbocycles. The average Bonchev–Trinajstić information content (AvgIpc) is 2.93. The van der Waals surface area contributed by atoms with Gasteiger partial charge in [-0.15, -0.1) is 0 Å². The Morgan fingerprint density at radius 2 is 2.40 bits per heavy atom. The highest BCUT2D eigenvalue weighted by atomic mass is 35.5. The Balaban J connectivity index is 1.85. The molecule has 0 bridgehead atoms. The molecule has 1 aromatic rings. The van der Waals surface area contributed by atoms with Crippen LogP contribution in [0.15, 0.2) is 18.2 Å². The molecule has 1 fully saturated rings. The molecule has 0 spiro atoms. The molecule has 110 valence electrons. The van der Waals surface area contributed by atoms with Gasteiger partial charge in [0.15, 0.2) is 6.10 Å². The van der Waals surface area contributed by atoms with Gasteiger partial charge in [0, 0.05) is 12.6 Å². The molecule has 0 aliphatic carbocycles. The van der Waals surface area contributed by atoms with Crippen molar-refractivity contribution in [3.63, 3.8) is 0 Å². The van der Waals surface area contributed by atoms with E-state index in [1.165, 1.54) is 6.42 Å². The number of carbonyl (C=O) groups excluding carboxylic acids is 1. The van der Waals surface area contributed by atoms with Crippen LogP contribution in [0, 0.1) is 6.92 Å². The molecule has 2 rings (SSSR count). The number of benzene rings is 1. The Morgan fingerprint density at radius 1 is 1.60 bits per heavy atom. The largest absolute Gasteiger partial charge is 0.479 e. The van der Waals surface area contributed by atoms with Crippen LogP contribution in [0.3, 0.4) is 0 Å². The minimum Gasteiger partial charge on any atom is -0.479 e. The zero-order valence-corrected chi connectivity index (χ0v) is 12.7. The van der Waals surface area contributed by atoms with E-state index in [4.69, 9.17) is 16.3 Å². The van der Waals surface area contributed by atoms with Gasteiger partial charge in [0.2, 0.25) is 0 Å². The quantitative estimate of drug-likeness (QED) is 0.876. The van der Waals surface area contributed by atoms with Gasteiger partial charge < -0.3 is 15.4 Å². The lowest BCUT2D eigenvalue weighted by atomic mass is 10.2. The lowest BCUT2D eigenvalue weighted by Gasteiger charge is -2.17. The van der Waals surface area contributed by atoms with Gasteiger partial charge in [-0.25, -0.2) is 0 Å². The van der Waals surface area contributed by atoms with Crippen LogP contribution in [0.25, 0.3) is 0 Å². The second-order valence-corrected chi connectivity index (χ2v) is 5.64. The molecule has 0 saturated carbocycles. The third kappa shape index (κ3) is 4.12. The number of carbonyl (C=O) groups is 1. The maximum atomic E-state index is 12.0. The van der Waals surface area contributed by atoms with Crippen molar-refractivity contribution in [3.8, 4) is 5.75 Å². The molecule has 0 aromatic heterocycles. The minimum absolute atomic E-state index is 0.115. The highest BCUT2D eigenvalue weighted by Gasteiger charge is 2.19. The molecule has 4 nitrogen and oxygen atoms in total. The van der Waals surface area contributed by atoms with Gasteiger partial charge >= 0.3 is 0 Å². The van der Waals surface area contributed by atoms with Gasteiger partial charge in [-0.3, -0.25) is 4.79 Å². The van der Waals surface area contributed by atoms with Crippen molar-refractivity contribution in [2.45, 2.75) is 38.8 Å². The molecule has 2 unspecified atom stereocenters. The Labute approximate surface area is 124 Å². The van der Waals surface area contributed by atoms with Gasteiger partial charge in [-0.05, 0) is 50.9 Å². The molecule has 1 saturated heterocycles. The Kier molecular flexibility index (Phi) is 5.26. The molecule has 1 heterocycles. The van der Waals surface area contributed by atoms with Crippen molar-refractivity contribution in [1.82, 2.24) is 10.6 Å². The highest BCUT2D eigenvalue weighted by Crippen LogP contribution is 2.26. The molecule has 5 heteroatoms. The monoisotopic (exact) mass is 296 g/mol. The van der Waals surface area contributed by atoms with E-state index < -0.39 is 6.10 Å². The zero-order valence-electron chi connectivity index (χ0n) is 11.9. The summed E-state index contributed by atoms with van der Waals surface area (Å²) in [6, 6.07) is 5.91. The van der Waals surface area contributed by atoms with Crippen molar-refractivity contribution in [2.24, 2.45) is 0 Å². The smallest absolute Gasteiger partial charge is 0.260 e. The van der Waals surface area contributed by atoms with Crippen molar-refractivity contribution in [2.75, 3.05) is 13.1 Å². The molecular weight excluding hydrogens is 276 g/mol. The molecule has 1 aliphatic heterocycles. The summed E-state index contributed by atoms with van der Waals surface area (Å²) >= 11 is 6.06. The van der Waals surface area contributed by atoms with E-state index in [1.54, 1.807) is 13.0 Å². The third-order valence-corrected chi connectivity index (χ3v) is 3.76. The fourth-order valence-corrected chi connectivity index (χ4v) is 2.41. The molecule has 2 N–H and O–H groups in total. The number of hydrogen-bond donors (Lipinski definition) is 2. The van der Waals surface area contributed by atoms with E-state index in [-0.39, 0.29) is 5.91 Å². The van der Waals surface area contributed by atoms with Crippen LogP contribution in [0.1, 0.15) is 25.3 Å². The number of amides is 1. The van der Waals surface area contributed by atoms with Gasteiger partial charge in [-0.1, -0.05) is 17.7 Å². The minimum atomic E-state index is -0.560. The van der Waals surface area contributed by atoms with E-state index in [2.05, 4.69) is 10.6 Å². The van der Waals surface area contributed by atoms with Crippen LogP contribution in [-0.4, -0.2) is 31.1 Å². The van der Waals surface area contributed by atoms with Crippen LogP contribution >= 0.6 is 11.6 Å². The van der Waals surface area contributed by atoms with Crippen LogP contribution in [0.5, 0.6) is 5.75 Å². The first kappa shape index (κ1) is 15.1. The van der Waals surface area contributed by atoms with Gasteiger partial charge in [0.1, 0.15) is 5.75 Å². The van der Waals surface area contributed by atoms with E-state index in [1.807, 2.05) is 19.1 Å². The fourth-order valence-electron chi connectivity index (χ4n) is 2.24. The van der Waals surface area contributed by atoms with Crippen molar-refractivity contribution in [3.05, 3.63) is 28.8 Å². The predicted octanol–water partition coefficient (Wildman–Crippen LogP) is 2.28. The van der Waals surface area contributed by atoms with Crippen molar-refractivity contribution < 1.29 is 9.53 Å². The summed E-state index contributed by atoms with van der Waals surface area (Å²) < 4.78 is 5.64. The van der Waals surface area contributed by atoms with Crippen molar-refractivity contribution >= 4 is 17.5 Å². The first-order valence-electron chi connectivity index (χ1n) is 7.00. The van der Waals surface area contributed by atoms with Crippen LogP contribution in [-0.2, 0) is 4.79 Å². The number of rotatable bonds is 5. The maximum absolute atomic E-state index is 12.0. The molecule has 20 heavy (non-hydrogen) atoms. The van der Waals surface area contributed by atoms with E-state index in [0.29, 0.717) is 23.4 Å². The predicted molar refractivity (Wildman–Crippen MR) is 80.3 cm³/mol. The van der Waals surface area contributed by atoms with Crippen molar-refractivity contribution in [1.29, 1.82) is 0 Å². The summed E-state index contributed by atoms with van der Waals surface area (Å²) in [4.78, 5) is 12.0. The summed E-state index contributed by atoms with van der Waals surface area (Å²) in [5.74, 6) is 0.435. The third-order valence-electron chi connectivity index (χ3n) is 3.44. The van der Waals surface area contributed by atoms with Crippen LogP contribution in [0.4, 0.5) is 0 Å². The molecule has 1 aliphatic rings. The number of halogens is 1. The summed E-state index contributed by atoms with van der Waals surface area (Å²) in [5, 5.41) is 6.77. The summed E-state index contributed by atoms with van der Waals surface area (Å²) in [7, 11) is 0.